The highest BCUT2D eigenvalue weighted by molar-refractivity contribution is 5.61. The predicted molar refractivity (Wildman–Crippen MR) is 78.3 cm³/mol. The summed E-state index contributed by atoms with van der Waals surface area (Å²) in [4.78, 5) is 0. The van der Waals surface area contributed by atoms with Gasteiger partial charge in [-0.1, -0.05) is 0 Å². The monoisotopic (exact) mass is 336 g/mol. The van der Waals surface area contributed by atoms with E-state index in [0.29, 0.717) is 11.1 Å². The van der Waals surface area contributed by atoms with Crippen molar-refractivity contribution in [2.75, 3.05) is 7.11 Å². The summed E-state index contributed by atoms with van der Waals surface area (Å²) in [6.07, 6.45) is 0. The molecule has 0 amide bonds. The number of benzene rings is 2. The topological polar surface area (TPSA) is 57.4 Å². The van der Waals surface area contributed by atoms with Gasteiger partial charge in [0.1, 0.15) is 5.82 Å². The number of hydrogen-bond donors (Lipinski definition) is 0. The zero-order valence-corrected chi connectivity index (χ0v) is 12.4. The number of rotatable bonds is 5. The lowest BCUT2D eigenvalue weighted by atomic mass is 10.2. The molecule has 1 aromatic heterocycles. The lowest BCUT2D eigenvalue weighted by molar-refractivity contribution is -0.0512. The third-order valence-corrected chi connectivity index (χ3v) is 3.14. The van der Waals surface area contributed by atoms with Crippen molar-refractivity contribution in [2.24, 2.45) is 0 Å². The second-order valence-corrected chi connectivity index (χ2v) is 4.66. The third-order valence-electron chi connectivity index (χ3n) is 3.14. The van der Waals surface area contributed by atoms with Gasteiger partial charge in [-0.3, -0.25) is 0 Å². The van der Waals surface area contributed by atoms with Gasteiger partial charge in [0.2, 0.25) is 11.8 Å². The molecular weight excluding hydrogens is 325 g/mol. The van der Waals surface area contributed by atoms with E-state index in [9.17, 15) is 13.2 Å². The normalized spacial score (nSPS) is 10.9. The molecule has 1 heterocycles. The first-order valence-electron chi connectivity index (χ1n) is 6.79. The average molecular weight is 336 g/mol. The van der Waals surface area contributed by atoms with Crippen LogP contribution >= 0.6 is 0 Å². The second-order valence-electron chi connectivity index (χ2n) is 4.66. The summed E-state index contributed by atoms with van der Waals surface area (Å²) in [6.45, 7) is -2.96. The van der Waals surface area contributed by atoms with E-state index in [1.165, 1.54) is 49.6 Å². The lowest BCUT2D eigenvalue weighted by Crippen LogP contribution is -2.03. The number of methoxy groups -OCH3 is 1. The summed E-state index contributed by atoms with van der Waals surface area (Å²) in [5.74, 6) is -0.00482. The van der Waals surface area contributed by atoms with Crippen molar-refractivity contribution in [3.05, 3.63) is 48.3 Å². The first kappa shape index (κ1) is 15.9. The van der Waals surface area contributed by atoms with Crippen molar-refractivity contribution >= 4 is 0 Å². The Hall–Kier alpha value is -3.03. The van der Waals surface area contributed by atoms with Crippen LogP contribution in [0.1, 0.15) is 0 Å². The lowest BCUT2D eigenvalue weighted by Gasteiger charge is -2.10. The maximum Gasteiger partial charge on any atom is 0.387 e. The molecule has 0 saturated heterocycles. The maximum atomic E-state index is 12.9. The number of halogens is 3. The first-order chi connectivity index (χ1) is 11.6. The van der Waals surface area contributed by atoms with Crippen LogP contribution < -0.4 is 9.47 Å². The van der Waals surface area contributed by atoms with E-state index in [4.69, 9.17) is 9.15 Å². The molecule has 0 aliphatic heterocycles. The highest BCUT2D eigenvalue weighted by Gasteiger charge is 2.15. The minimum absolute atomic E-state index is 0.102. The molecule has 0 N–H and O–H groups in total. The van der Waals surface area contributed by atoms with Crippen LogP contribution in [0.3, 0.4) is 0 Å². The van der Waals surface area contributed by atoms with Gasteiger partial charge in [-0.25, -0.2) is 4.39 Å². The van der Waals surface area contributed by atoms with Crippen LogP contribution in [-0.2, 0) is 0 Å². The standard InChI is InChI=1S/C16H11F3N2O3/c1-22-13-8-10(4-7-12(13)23-16(18)19)15-21-20-14(24-15)9-2-5-11(17)6-3-9/h2-8,16H,1H3. The van der Waals surface area contributed by atoms with Gasteiger partial charge in [-0.2, -0.15) is 8.78 Å². The van der Waals surface area contributed by atoms with Crippen LogP contribution in [0.15, 0.2) is 46.9 Å². The molecule has 0 aliphatic rings. The molecule has 0 unspecified atom stereocenters. The molecular formula is C16H11F3N2O3. The molecule has 0 aliphatic carbocycles. The quantitative estimate of drug-likeness (QED) is 0.700. The van der Waals surface area contributed by atoms with Gasteiger partial charge in [0.05, 0.1) is 7.11 Å². The number of ether oxygens (including phenoxy) is 2. The fraction of sp³-hybridized carbons (Fsp3) is 0.125. The van der Waals surface area contributed by atoms with Crippen LogP contribution in [0.2, 0.25) is 0 Å². The number of alkyl halides is 2. The van der Waals surface area contributed by atoms with Gasteiger partial charge >= 0.3 is 6.61 Å². The molecule has 0 spiro atoms. The Bertz CT molecular complexity index is 835. The van der Waals surface area contributed by atoms with E-state index in [1.807, 2.05) is 0 Å². The largest absolute Gasteiger partial charge is 0.493 e. The first-order valence-corrected chi connectivity index (χ1v) is 6.79. The van der Waals surface area contributed by atoms with Crippen molar-refractivity contribution in [1.29, 1.82) is 0 Å². The molecule has 8 heteroatoms. The molecule has 0 bridgehead atoms. The average Bonchev–Trinajstić information content (AvgIpc) is 3.05. The van der Waals surface area contributed by atoms with Crippen molar-refractivity contribution in [3.8, 4) is 34.4 Å². The minimum atomic E-state index is -2.96. The van der Waals surface area contributed by atoms with Gasteiger partial charge in [-0.15, -0.1) is 10.2 Å². The van der Waals surface area contributed by atoms with E-state index in [2.05, 4.69) is 14.9 Å². The van der Waals surface area contributed by atoms with E-state index < -0.39 is 6.61 Å². The van der Waals surface area contributed by atoms with Crippen molar-refractivity contribution < 1.29 is 27.1 Å². The fourth-order valence-electron chi connectivity index (χ4n) is 2.04. The van der Waals surface area contributed by atoms with Crippen LogP contribution in [0.5, 0.6) is 11.5 Å². The number of nitrogens with zero attached hydrogens (tertiary/aromatic N) is 2. The summed E-state index contributed by atoms with van der Waals surface area (Å²) in [5, 5.41) is 7.78. The molecule has 0 fully saturated rings. The van der Waals surface area contributed by atoms with Gasteiger partial charge in [-0.05, 0) is 42.5 Å². The second kappa shape index (κ2) is 6.61. The Morgan fingerprint density at radius 2 is 1.54 bits per heavy atom. The van der Waals surface area contributed by atoms with Crippen molar-refractivity contribution in [2.45, 2.75) is 6.61 Å². The molecule has 124 valence electrons. The molecule has 3 aromatic rings. The molecule has 0 radical (unpaired) electrons. The molecule has 2 aromatic carbocycles. The SMILES string of the molecule is COc1cc(-c2nnc(-c3ccc(F)cc3)o2)ccc1OC(F)F. The van der Waals surface area contributed by atoms with E-state index in [1.54, 1.807) is 0 Å². The van der Waals surface area contributed by atoms with Crippen molar-refractivity contribution in [3.63, 3.8) is 0 Å². The number of hydrogen-bond acceptors (Lipinski definition) is 5. The highest BCUT2D eigenvalue weighted by Crippen LogP contribution is 2.33. The number of aromatic nitrogens is 2. The highest BCUT2D eigenvalue weighted by atomic mass is 19.3. The van der Waals surface area contributed by atoms with Gasteiger partial charge in [0, 0.05) is 11.1 Å². The summed E-state index contributed by atoms with van der Waals surface area (Å²) in [7, 11) is 1.33. The van der Waals surface area contributed by atoms with Gasteiger partial charge in [0.25, 0.3) is 0 Å². The Balaban J connectivity index is 1.91. The maximum absolute atomic E-state index is 12.9. The van der Waals surface area contributed by atoms with Crippen LogP contribution in [0.25, 0.3) is 22.9 Å². The molecule has 0 saturated carbocycles. The van der Waals surface area contributed by atoms with Crippen molar-refractivity contribution in [1.82, 2.24) is 10.2 Å². The third kappa shape index (κ3) is 3.32. The van der Waals surface area contributed by atoms with Crippen LogP contribution in [0, 0.1) is 5.82 Å². The summed E-state index contributed by atoms with van der Waals surface area (Å²) in [5.41, 5.74) is 1.02. The summed E-state index contributed by atoms with van der Waals surface area (Å²) < 4.78 is 52.5. The fourth-order valence-corrected chi connectivity index (χ4v) is 2.04. The minimum Gasteiger partial charge on any atom is -0.493 e. The Labute approximate surface area is 134 Å². The zero-order valence-electron chi connectivity index (χ0n) is 12.4. The molecule has 0 atom stereocenters. The van der Waals surface area contributed by atoms with E-state index >= 15 is 0 Å². The zero-order chi connectivity index (χ0) is 17.1. The summed E-state index contributed by atoms with van der Waals surface area (Å²) >= 11 is 0. The molecule has 3 rings (SSSR count). The molecule has 24 heavy (non-hydrogen) atoms. The molecule has 5 nitrogen and oxygen atoms in total. The van der Waals surface area contributed by atoms with E-state index in [-0.39, 0.29) is 29.1 Å². The Morgan fingerprint density at radius 1 is 0.917 bits per heavy atom. The smallest absolute Gasteiger partial charge is 0.387 e. The van der Waals surface area contributed by atoms with Crippen LogP contribution in [0.4, 0.5) is 13.2 Å². The summed E-state index contributed by atoms with van der Waals surface area (Å²) in [6, 6.07) is 9.82. The Kier molecular flexibility index (Phi) is 4.37. The predicted octanol–water partition coefficient (Wildman–Crippen LogP) is 4.15. The van der Waals surface area contributed by atoms with Gasteiger partial charge in [0.15, 0.2) is 11.5 Å². The van der Waals surface area contributed by atoms with Gasteiger partial charge < -0.3 is 13.9 Å². The Morgan fingerprint density at radius 3 is 2.17 bits per heavy atom. The van der Waals surface area contributed by atoms with Crippen LogP contribution in [-0.4, -0.2) is 23.9 Å². The van der Waals surface area contributed by atoms with E-state index in [0.717, 1.165) is 0 Å².